The smallest absolute Gasteiger partial charge is 0.185 e. The Morgan fingerprint density at radius 2 is 1.44 bits per heavy atom. The summed E-state index contributed by atoms with van der Waals surface area (Å²) in [5.74, 6) is -0.555. The van der Waals surface area contributed by atoms with E-state index in [0.29, 0.717) is 33.8 Å². The van der Waals surface area contributed by atoms with Gasteiger partial charge in [0, 0.05) is 39.9 Å². The van der Waals surface area contributed by atoms with Crippen LogP contribution in [-0.4, -0.2) is 43.7 Å². The second-order valence-electron chi connectivity index (χ2n) is 10.6. The zero-order chi connectivity index (χ0) is 28.3. The molecule has 6 nitrogen and oxygen atoms in total. The molecule has 2 aliphatic heterocycles. The van der Waals surface area contributed by atoms with Gasteiger partial charge in [0.1, 0.15) is 23.0 Å². The van der Waals surface area contributed by atoms with Crippen molar-refractivity contribution in [3.05, 3.63) is 131 Å². The lowest BCUT2D eigenvalue weighted by Crippen LogP contribution is -2.48. The minimum atomic E-state index is -1.59. The summed E-state index contributed by atoms with van der Waals surface area (Å²) in [5.41, 5.74) is 2.02. The average molecular weight is 542 g/mol. The van der Waals surface area contributed by atoms with Crippen molar-refractivity contribution >= 4 is 29.1 Å². The van der Waals surface area contributed by atoms with Crippen molar-refractivity contribution in [3.8, 4) is 11.5 Å². The first-order valence-electron chi connectivity index (χ1n) is 13.6. The number of ketones is 3. The molecule has 3 atom stereocenters. The molecule has 2 heterocycles. The monoisotopic (exact) mass is 541 g/mol. The molecular formula is C35H27NO5. The first-order chi connectivity index (χ1) is 20.0. The highest BCUT2D eigenvalue weighted by Crippen LogP contribution is 2.62. The number of benzene rings is 4. The first kappa shape index (κ1) is 25.0. The van der Waals surface area contributed by atoms with E-state index in [2.05, 4.69) is 0 Å². The number of hydrogen-bond donors (Lipinski definition) is 0. The molecular weight excluding hydrogens is 514 g/mol. The second-order valence-corrected chi connectivity index (χ2v) is 10.6. The van der Waals surface area contributed by atoms with E-state index in [1.165, 1.54) is 0 Å². The molecule has 202 valence electrons. The maximum absolute atomic E-state index is 14.8. The highest BCUT2D eigenvalue weighted by Gasteiger charge is 2.71. The molecule has 6 heteroatoms. The maximum atomic E-state index is 14.8. The molecule has 0 saturated carbocycles. The van der Waals surface area contributed by atoms with E-state index in [0.717, 1.165) is 11.3 Å². The van der Waals surface area contributed by atoms with Gasteiger partial charge in [0.25, 0.3) is 0 Å². The van der Waals surface area contributed by atoms with Crippen LogP contribution in [0.4, 0.5) is 5.69 Å². The highest BCUT2D eigenvalue weighted by molar-refractivity contribution is 6.32. The van der Waals surface area contributed by atoms with Gasteiger partial charge < -0.3 is 14.4 Å². The Morgan fingerprint density at radius 1 is 0.780 bits per heavy atom. The standard InChI is InChI=1S/C35H27NO5/c1-40-23-17-18-26(28(20-23)41-2)30-31(32(37)22-11-4-3-5-12-22)36-27-15-9-6-10-21(27)16-19-29(36)35(30)33(38)24-13-7-8-14-25(24)34(35)39/h3-20,29-31H,1-2H3/t29-,30+,31-/m1/s1. The molecule has 0 N–H and O–H groups in total. The number of carbonyl (C=O) groups is 3. The number of rotatable bonds is 5. The van der Waals surface area contributed by atoms with E-state index in [4.69, 9.17) is 9.47 Å². The molecule has 0 amide bonds. The SMILES string of the molecule is COc1ccc([C@H]2[C@H](C(=O)c3ccccc3)N3c4ccccc4C=C[C@@H]3C23C(=O)c2ccccc2C3=O)c(OC)c1. The third-order valence-electron chi connectivity index (χ3n) is 8.82. The number of fused-ring (bicyclic) bond motifs is 5. The van der Waals surface area contributed by atoms with Gasteiger partial charge in [-0.05, 0) is 17.7 Å². The van der Waals surface area contributed by atoms with E-state index in [-0.39, 0.29) is 17.3 Å². The molecule has 1 aliphatic carbocycles. The molecule has 4 aromatic rings. The van der Waals surface area contributed by atoms with Crippen molar-refractivity contribution in [3.63, 3.8) is 0 Å². The summed E-state index contributed by atoms with van der Waals surface area (Å²) in [6.45, 7) is 0. The third kappa shape index (κ3) is 3.34. The van der Waals surface area contributed by atoms with Crippen LogP contribution in [0.15, 0.2) is 103 Å². The van der Waals surface area contributed by atoms with Crippen molar-refractivity contribution in [1.82, 2.24) is 0 Å². The van der Waals surface area contributed by atoms with Gasteiger partial charge in [-0.2, -0.15) is 0 Å². The normalized spacial score (nSPS) is 21.4. The molecule has 4 aromatic carbocycles. The predicted octanol–water partition coefficient (Wildman–Crippen LogP) is 6.02. The van der Waals surface area contributed by atoms with Gasteiger partial charge in [-0.3, -0.25) is 14.4 Å². The minimum absolute atomic E-state index is 0.169. The summed E-state index contributed by atoms with van der Waals surface area (Å²) in [6.07, 6.45) is 3.88. The summed E-state index contributed by atoms with van der Waals surface area (Å²) < 4.78 is 11.3. The fraction of sp³-hybridized carbons (Fsp3) is 0.171. The molecule has 0 radical (unpaired) electrons. The van der Waals surface area contributed by atoms with Crippen LogP contribution in [0.5, 0.6) is 11.5 Å². The van der Waals surface area contributed by atoms with Crippen molar-refractivity contribution < 1.29 is 23.9 Å². The summed E-state index contributed by atoms with van der Waals surface area (Å²) >= 11 is 0. The Balaban J connectivity index is 1.57. The number of methoxy groups -OCH3 is 2. The van der Waals surface area contributed by atoms with Crippen molar-refractivity contribution in [1.29, 1.82) is 0 Å². The first-order valence-corrected chi connectivity index (χ1v) is 13.6. The highest BCUT2D eigenvalue weighted by atomic mass is 16.5. The topological polar surface area (TPSA) is 72.9 Å². The Morgan fingerprint density at radius 3 is 2.12 bits per heavy atom. The van der Waals surface area contributed by atoms with E-state index in [9.17, 15) is 14.4 Å². The minimum Gasteiger partial charge on any atom is -0.497 e. The molecule has 1 saturated heterocycles. The molecule has 41 heavy (non-hydrogen) atoms. The Kier molecular flexibility index (Phi) is 5.68. The number of para-hydroxylation sites is 1. The number of ether oxygens (including phenoxy) is 2. The average Bonchev–Trinajstić information content (AvgIpc) is 3.46. The lowest BCUT2D eigenvalue weighted by molar-refractivity contribution is 0.0665. The van der Waals surface area contributed by atoms with E-state index >= 15 is 0 Å². The molecule has 0 aromatic heterocycles. The molecule has 0 bridgehead atoms. The van der Waals surface area contributed by atoms with Crippen LogP contribution in [0.25, 0.3) is 6.08 Å². The fourth-order valence-electron chi connectivity index (χ4n) is 7.11. The second kappa shape index (κ2) is 9.30. The van der Waals surface area contributed by atoms with Gasteiger partial charge in [-0.15, -0.1) is 0 Å². The number of Topliss-reactive ketones (excluding diaryl/α,β-unsaturated/α-hetero) is 3. The van der Waals surface area contributed by atoms with Crippen LogP contribution < -0.4 is 14.4 Å². The number of hydrogen-bond acceptors (Lipinski definition) is 6. The van der Waals surface area contributed by atoms with Crippen molar-refractivity contribution in [2.24, 2.45) is 5.41 Å². The van der Waals surface area contributed by atoms with Crippen LogP contribution in [0.3, 0.4) is 0 Å². The van der Waals surface area contributed by atoms with Crippen molar-refractivity contribution in [2.75, 3.05) is 19.1 Å². The van der Waals surface area contributed by atoms with Gasteiger partial charge in [0.15, 0.2) is 17.3 Å². The quantitative estimate of drug-likeness (QED) is 0.227. The van der Waals surface area contributed by atoms with Crippen LogP contribution >= 0.6 is 0 Å². The Hall–Kier alpha value is -4.97. The van der Waals surface area contributed by atoms with Crippen LogP contribution in [0, 0.1) is 5.41 Å². The van der Waals surface area contributed by atoms with Crippen LogP contribution in [0.2, 0.25) is 0 Å². The lowest BCUT2D eigenvalue weighted by Gasteiger charge is -2.37. The summed E-state index contributed by atoms with van der Waals surface area (Å²) in [7, 11) is 3.11. The predicted molar refractivity (Wildman–Crippen MR) is 156 cm³/mol. The van der Waals surface area contributed by atoms with Gasteiger partial charge in [0.2, 0.25) is 0 Å². The lowest BCUT2D eigenvalue weighted by atomic mass is 9.64. The van der Waals surface area contributed by atoms with Gasteiger partial charge in [0.05, 0.1) is 20.3 Å². The molecule has 0 unspecified atom stereocenters. The van der Waals surface area contributed by atoms with E-state index in [1.807, 2.05) is 65.6 Å². The molecule has 1 fully saturated rings. The number of nitrogens with zero attached hydrogens (tertiary/aromatic N) is 1. The molecule has 3 aliphatic rings. The van der Waals surface area contributed by atoms with Crippen LogP contribution in [-0.2, 0) is 0 Å². The zero-order valence-electron chi connectivity index (χ0n) is 22.6. The van der Waals surface area contributed by atoms with Crippen LogP contribution in [0.1, 0.15) is 48.1 Å². The molecule has 1 spiro atoms. The maximum Gasteiger partial charge on any atom is 0.185 e. The summed E-state index contributed by atoms with van der Waals surface area (Å²) in [5, 5.41) is 0. The largest absolute Gasteiger partial charge is 0.497 e. The van der Waals surface area contributed by atoms with Gasteiger partial charge >= 0.3 is 0 Å². The summed E-state index contributed by atoms with van der Waals surface area (Å²) in [4.78, 5) is 46.2. The fourth-order valence-corrected chi connectivity index (χ4v) is 7.11. The molecule has 7 rings (SSSR count). The van der Waals surface area contributed by atoms with E-state index < -0.39 is 23.4 Å². The Bertz CT molecular complexity index is 1720. The van der Waals surface area contributed by atoms with Crippen molar-refractivity contribution in [2.45, 2.75) is 18.0 Å². The zero-order valence-corrected chi connectivity index (χ0v) is 22.6. The van der Waals surface area contributed by atoms with E-state index in [1.54, 1.807) is 62.8 Å². The van der Waals surface area contributed by atoms with Gasteiger partial charge in [-0.25, -0.2) is 0 Å². The number of carbonyl (C=O) groups excluding carboxylic acids is 3. The summed E-state index contributed by atoms with van der Waals surface area (Å²) in [6, 6.07) is 27.6. The Labute approximate surface area is 237 Å². The van der Waals surface area contributed by atoms with Gasteiger partial charge in [-0.1, -0.05) is 91.0 Å². The third-order valence-corrected chi connectivity index (χ3v) is 8.82. The number of anilines is 1.